The average molecular weight is 421 g/mol. The van der Waals surface area contributed by atoms with E-state index in [1.165, 1.54) is 41.6 Å². The lowest BCUT2D eigenvalue weighted by Gasteiger charge is -2.32. The molecule has 0 fully saturated rings. The third-order valence-corrected chi connectivity index (χ3v) is 6.42. The second-order valence-electron chi connectivity index (χ2n) is 9.83. The van der Waals surface area contributed by atoms with Crippen molar-refractivity contribution in [3.05, 3.63) is 82.7 Å². The first kappa shape index (κ1) is 24.9. The zero-order valence-corrected chi connectivity index (χ0v) is 20.4. The molecule has 2 rings (SSSR count). The van der Waals surface area contributed by atoms with Gasteiger partial charge in [-0.1, -0.05) is 67.5 Å². The van der Waals surface area contributed by atoms with E-state index in [1.807, 2.05) is 25.2 Å². The molecule has 168 valence electrons. The number of esters is 1. The summed E-state index contributed by atoms with van der Waals surface area (Å²) in [7, 11) is 0. The lowest BCUT2D eigenvalue weighted by Crippen LogP contribution is -2.19. The minimum atomic E-state index is -0.301. The molecule has 0 saturated heterocycles. The lowest BCUT2D eigenvalue weighted by molar-refractivity contribution is -0.134. The first-order chi connectivity index (χ1) is 14.6. The minimum absolute atomic E-state index is 0.258. The van der Waals surface area contributed by atoms with Crippen LogP contribution in [-0.2, 0) is 9.53 Å². The van der Waals surface area contributed by atoms with Crippen LogP contribution in [0.1, 0.15) is 80.1 Å². The van der Waals surface area contributed by atoms with E-state index in [9.17, 15) is 4.79 Å². The summed E-state index contributed by atoms with van der Waals surface area (Å²) in [4.78, 5) is 12.2. The highest BCUT2D eigenvalue weighted by Gasteiger charge is 2.26. The first-order valence-corrected chi connectivity index (χ1v) is 11.6. The molecule has 0 radical (unpaired) electrons. The highest BCUT2D eigenvalue weighted by atomic mass is 16.5. The molecule has 2 aliphatic carbocycles. The van der Waals surface area contributed by atoms with E-state index in [0.717, 1.165) is 30.6 Å². The summed E-state index contributed by atoms with van der Waals surface area (Å²) in [5, 5.41) is 0. The van der Waals surface area contributed by atoms with Gasteiger partial charge in [-0.25, -0.2) is 4.79 Å². The molecule has 0 spiro atoms. The fraction of sp³-hybridized carbons (Fsp3) is 0.483. The van der Waals surface area contributed by atoms with Crippen molar-refractivity contribution in [3.63, 3.8) is 0 Å². The molecule has 0 aromatic carbocycles. The van der Waals surface area contributed by atoms with Gasteiger partial charge in [0.2, 0.25) is 0 Å². The standard InChI is InChI=1S/C29H40O2/c1-21(2)25-14-16-26(17-15-25)31-28(30)20-23(4)11-8-10-22(3)13-18-27-24(5)12-9-19-29(27,6)7/h8,10-11,13,16,18,20,25H,1,9,12,14-15,17,19H2,2-7H3/b11-8+,18-13+,22-10+,23-20+. The Labute approximate surface area is 189 Å². The summed E-state index contributed by atoms with van der Waals surface area (Å²) in [6.07, 6.45) is 20.5. The van der Waals surface area contributed by atoms with Crippen molar-refractivity contribution < 1.29 is 9.53 Å². The molecular weight excluding hydrogens is 380 g/mol. The molecule has 0 aromatic rings. The van der Waals surface area contributed by atoms with Gasteiger partial charge in [0.25, 0.3) is 0 Å². The van der Waals surface area contributed by atoms with Crippen LogP contribution in [0.2, 0.25) is 0 Å². The predicted octanol–water partition coefficient (Wildman–Crippen LogP) is 8.32. The van der Waals surface area contributed by atoms with Gasteiger partial charge >= 0.3 is 5.97 Å². The van der Waals surface area contributed by atoms with Crippen LogP contribution in [0.4, 0.5) is 0 Å². The fourth-order valence-corrected chi connectivity index (χ4v) is 4.38. The Bertz CT molecular complexity index is 868. The van der Waals surface area contributed by atoms with E-state index in [-0.39, 0.29) is 11.4 Å². The second kappa shape index (κ2) is 11.3. The molecule has 0 aliphatic heterocycles. The van der Waals surface area contributed by atoms with Crippen LogP contribution >= 0.6 is 0 Å². The van der Waals surface area contributed by atoms with Gasteiger partial charge in [0.05, 0.1) is 0 Å². The summed E-state index contributed by atoms with van der Waals surface area (Å²) >= 11 is 0. The van der Waals surface area contributed by atoms with Crippen LogP contribution in [0.15, 0.2) is 82.7 Å². The SMILES string of the molecule is C=C(C)C1CC=C(OC(=O)/C=C(C)/C=C/C=C(C)/C=C/C2=C(C)CCCC2(C)C)CC1. The summed E-state index contributed by atoms with van der Waals surface area (Å²) in [5.74, 6) is 0.993. The molecule has 31 heavy (non-hydrogen) atoms. The van der Waals surface area contributed by atoms with Crippen LogP contribution in [0.5, 0.6) is 0 Å². The minimum Gasteiger partial charge on any atom is -0.428 e. The molecule has 0 bridgehead atoms. The summed E-state index contributed by atoms with van der Waals surface area (Å²) < 4.78 is 5.50. The Morgan fingerprint density at radius 2 is 1.90 bits per heavy atom. The Morgan fingerprint density at radius 1 is 1.16 bits per heavy atom. The van der Waals surface area contributed by atoms with E-state index in [1.54, 1.807) is 6.08 Å². The van der Waals surface area contributed by atoms with Gasteiger partial charge in [0.1, 0.15) is 5.76 Å². The zero-order valence-electron chi connectivity index (χ0n) is 20.4. The van der Waals surface area contributed by atoms with Gasteiger partial charge in [-0.2, -0.15) is 0 Å². The van der Waals surface area contributed by atoms with E-state index < -0.39 is 0 Å². The molecule has 2 aliphatic rings. The molecule has 0 N–H and O–H groups in total. The molecule has 0 aromatic heterocycles. The van der Waals surface area contributed by atoms with Gasteiger partial charge in [-0.15, -0.1) is 0 Å². The first-order valence-electron chi connectivity index (χ1n) is 11.6. The number of hydrogen-bond acceptors (Lipinski definition) is 2. The van der Waals surface area contributed by atoms with Gasteiger partial charge in [0.15, 0.2) is 0 Å². The number of ether oxygens (including phenoxy) is 1. The molecule has 1 atom stereocenters. The molecule has 0 heterocycles. The van der Waals surface area contributed by atoms with Crippen LogP contribution in [0.3, 0.4) is 0 Å². The van der Waals surface area contributed by atoms with E-state index >= 15 is 0 Å². The topological polar surface area (TPSA) is 26.3 Å². The van der Waals surface area contributed by atoms with Gasteiger partial charge in [0, 0.05) is 12.5 Å². The highest BCUT2D eigenvalue weighted by Crippen LogP contribution is 2.40. The number of carbonyl (C=O) groups excluding carboxylic acids is 1. The van der Waals surface area contributed by atoms with Crippen molar-refractivity contribution in [2.45, 2.75) is 80.1 Å². The quantitative estimate of drug-likeness (QED) is 0.179. The highest BCUT2D eigenvalue weighted by molar-refractivity contribution is 5.84. The normalized spacial score (nSPS) is 22.8. The van der Waals surface area contributed by atoms with Crippen LogP contribution in [0.25, 0.3) is 0 Å². The largest absolute Gasteiger partial charge is 0.428 e. The third kappa shape index (κ3) is 8.01. The third-order valence-electron chi connectivity index (χ3n) is 6.42. The monoisotopic (exact) mass is 420 g/mol. The van der Waals surface area contributed by atoms with Crippen LogP contribution in [-0.4, -0.2) is 5.97 Å². The number of carbonyl (C=O) groups is 1. The lowest BCUT2D eigenvalue weighted by atomic mass is 9.72. The van der Waals surface area contributed by atoms with E-state index in [0.29, 0.717) is 5.92 Å². The number of allylic oxidation sites excluding steroid dienone is 12. The maximum Gasteiger partial charge on any atom is 0.336 e. The Balaban J connectivity index is 1.91. The maximum atomic E-state index is 12.2. The fourth-order valence-electron chi connectivity index (χ4n) is 4.38. The zero-order chi connectivity index (χ0) is 23.0. The predicted molar refractivity (Wildman–Crippen MR) is 132 cm³/mol. The van der Waals surface area contributed by atoms with Gasteiger partial charge in [-0.3, -0.25) is 0 Å². The van der Waals surface area contributed by atoms with Crippen molar-refractivity contribution in [2.75, 3.05) is 0 Å². The molecule has 0 saturated carbocycles. The number of rotatable bonds is 7. The molecule has 0 amide bonds. The maximum absolute atomic E-state index is 12.2. The number of hydrogen-bond donors (Lipinski definition) is 0. The molecule has 2 nitrogen and oxygen atoms in total. The van der Waals surface area contributed by atoms with Gasteiger partial charge in [-0.05, 0) is 88.4 Å². The van der Waals surface area contributed by atoms with Crippen molar-refractivity contribution >= 4 is 5.97 Å². The van der Waals surface area contributed by atoms with Crippen molar-refractivity contribution in [1.29, 1.82) is 0 Å². The van der Waals surface area contributed by atoms with Crippen LogP contribution in [0, 0.1) is 11.3 Å². The Hall–Kier alpha value is -2.35. The van der Waals surface area contributed by atoms with Crippen molar-refractivity contribution in [3.8, 4) is 0 Å². The van der Waals surface area contributed by atoms with Gasteiger partial charge < -0.3 is 4.74 Å². The smallest absolute Gasteiger partial charge is 0.336 e. The van der Waals surface area contributed by atoms with E-state index in [2.05, 4.69) is 59.4 Å². The van der Waals surface area contributed by atoms with E-state index in [4.69, 9.17) is 4.74 Å². The van der Waals surface area contributed by atoms with Crippen molar-refractivity contribution in [2.24, 2.45) is 11.3 Å². The summed E-state index contributed by atoms with van der Waals surface area (Å²) in [6.45, 7) is 17.0. The molecule has 1 unspecified atom stereocenters. The molecule has 2 heteroatoms. The summed E-state index contributed by atoms with van der Waals surface area (Å²) in [6, 6.07) is 0. The van der Waals surface area contributed by atoms with Crippen LogP contribution < -0.4 is 0 Å². The Morgan fingerprint density at radius 3 is 2.52 bits per heavy atom. The van der Waals surface area contributed by atoms with Crippen molar-refractivity contribution in [1.82, 2.24) is 0 Å². The average Bonchev–Trinajstić information content (AvgIpc) is 2.67. The second-order valence-corrected chi connectivity index (χ2v) is 9.83. The Kier molecular flexibility index (Phi) is 9.10. The molecular formula is C29H40O2. The summed E-state index contributed by atoms with van der Waals surface area (Å²) in [5.41, 5.74) is 6.51.